The van der Waals surface area contributed by atoms with E-state index in [9.17, 15) is 8.42 Å². The Labute approximate surface area is 93.7 Å². The summed E-state index contributed by atoms with van der Waals surface area (Å²) in [4.78, 5) is 0. The number of sulfonamides is 1. The number of aryl methyl sites for hydroxylation is 1. The Morgan fingerprint density at radius 3 is 2.60 bits per heavy atom. The number of nitrogens with two attached hydrogens (primary N) is 1. The number of nitrogen functional groups attached to an aromatic ring is 1. The third-order valence-electron chi connectivity index (χ3n) is 1.88. The van der Waals surface area contributed by atoms with Crippen LogP contribution < -0.4 is 5.73 Å². The van der Waals surface area contributed by atoms with Crippen LogP contribution in [0.2, 0.25) is 5.02 Å². The smallest absolute Gasteiger partial charge is 0.215 e. The number of hydrogen-bond acceptors (Lipinski definition) is 4. The largest absolute Gasteiger partial charge is 0.381 e. The Balaban J connectivity index is 2.66. The van der Waals surface area contributed by atoms with E-state index in [1.807, 2.05) is 0 Å². The lowest BCUT2D eigenvalue weighted by Gasteiger charge is -2.10. The Hall–Kier alpha value is -0.790. The van der Waals surface area contributed by atoms with Crippen molar-refractivity contribution in [2.45, 2.75) is 6.54 Å². The summed E-state index contributed by atoms with van der Waals surface area (Å²) in [5.41, 5.74) is 5.42. The monoisotopic (exact) mass is 252 g/mol. The molecule has 86 valence electrons. The van der Waals surface area contributed by atoms with E-state index in [1.54, 1.807) is 0 Å². The van der Waals surface area contributed by atoms with Crippen molar-refractivity contribution in [1.29, 1.82) is 0 Å². The molecule has 0 amide bonds. The zero-order valence-electron chi connectivity index (χ0n) is 8.51. The minimum atomic E-state index is -3.21. The fourth-order valence-electron chi connectivity index (χ4n) is 0.918. The summed E-state index contributed by atoms with van der Waals surface area (Å²) in [5, 5.41) is 4.18. The number of anilines is 1. The van der Waals surface area contributed by atoms with E-state index in [4.69, 9.17) is 17.3 Å². The van der Waals surface area contributed by atoms with Crippen molar-refractivity contribution in [2.75, 3.05) is 25.6 Å². The van der Waals surface area contributed by atoms with Crippen LogP contribution in [-0.2, 0) is 16.6 Å². The molecule has 8 heteroatoms. The van der Waals surface area contributed by atoms with Crippen molar-refractivity contribution >= 4 is 27.4 Å². The SMILES string of the molecule is CN(C)S(=O)(=O)CCn1cc(Cl)c(N)n1. The first-order chi connectivity index (χ1) is 6.83. The molecular weight excluding hydrogens is 240 g/mol. The van der Waals surface area contributed by atoms with Crippen molar-refractivity contribution in [3.05, 3.63) is 11.2 Å². The number of halogens is 1. The summed E-state index contributed by atoms with van der Waals surface area (Å²) in [6.07, 6.45) is 1.50. The maximum absolute atomic E-state index is 11.4. The van der Waals surface area contributed by atoms with Gasteiger partial charge < -0.3 is 5.73 Å². The molecule has 0 aliphatic heterocycles. The van der Waals surface area contributed by atoms with Gasteiger partial charge in [0.1, 0.15) is 5.02 Å². The van der Waals surface area contributed by atoms with E-state index >= 15 is 0 Å². The number of hydrogen-bond donors (Lipinski definition) is 1. The molecule has 1 rings (SSSR count). The van der Waals surface area contributed by atoms with Gasteiger partial charge in [0.25, 0.3) is 0 Å². The number of aromatic nitrogens is 2. The topological polar surface area (TPSA) is 81.2 Å². The Morgan fingerprint density at radius 2 is 2.20 bits per heavy atom. The van der Waals surface area contributed by atoms with Gasteiger partial charge in [-0.15, -0.1) is 0 Å². The van der Waals surface area contributed by atoms with E-state index in [-0.39, 0.29) is 18.1 Å². The highest BCUT2D eigenvalue weighted by Crippen LogP contribution is 2.15. The molecule has 0 aliphatic carbocycles. The second kappa shape index (κ2) is 4.38. The summed E-state index contributed by atoms with van der Waals surface area (Å²) in [5.74, 6) is 0.177. The van der Waals surface area contributed by atoms with Gasteiger partial charge in [-0.2, -0.15) is 5.10 Å². The molecule has 0 atom stereocenters. The summed E-state index contributed by atoms with van der Waals surface area (Å²) < 4.78 is 25.4. The van der Waals surface area contributed by atoms with Crippen molar-refractivity contribution in [3.63, 3.8) is 0 Å². The second-order valence-electron chi connectivity index (χ2n) is 3.22. The zero-order chi connectivity index (χ0) is 11.6. The van der Waals surface area contributed by atoms with Gasteiger partial charge in [-0.1, -0.05) is 11.6 Å². The molecule has 1 heterocycles. The summed E-state index contributed by atoms with van der Waals surface area (Å²) in [7, 11) is -0.240. The van der Waals surface area contributed by atoms with Gasteiger partial charge in [0, 0.05) is 20.3 Å². The van der Waals surface area contributed by atoms with Crippen LogP contribution in [-0.4, -0.2) is 42.4 Å². The van der Waals surface area contributed by atoms with E-state index in [2.05, 4.69) is 5.10 Å². The van der Waals surface area contributed by atoms with Gasteiger partial charge >= 0.3 is 0 Å². The third-order valence-corrected chi connectivity index (χ3v) is 3.98. The fourth-order valence-corrected chi connectivity index (χ4v) is 1.85. The van der Waals surface area contributed by atoms with Crippen LogP contribution >= 0.6 is 11.6 Å². The molecule has 6 nitrogen and oxygen atoms in total. The van der Waals surface area contributed by atoms with Crippen LogP contribution in [0.15, 0.2) is 6.20 Å². The number of rotatable bonds is 4. The first-order valence-corrected chi connectivity index (χ1v) is 6.20. The summed E-state index contributed by atoms with van der Waals surface area (Å²) >= 11 is 5.67. The average molecular weight is 253 g/mol. The molecule has 0 aliphatic rings. The number of nitrogens with zero attached hydrogens (tertiary/aromatic N) is 3. The quantitative estimate of drug-likeness (QED) is 0.819. The second-order valence-corrected chi connectivity index (χ2v) is 5.93. The molecule has 1 aromatic rings. The average Bonchev–Trinajstić information content (AvgIpc) is 2.43. The molecular formula is C7H13ClN4O2S. The lowest BCUT2D eigenvalue weighted by Crippen LogP contribution is -2.27. The van der Waals surface area contributed by atoms with Gasteiger partial charge in [-0.25, -0.2) is 12.7 Å². The van der Waals surface area contributed by atoms with Gasteiger partial charge in [0.05, 0.1) is 12.3 Å². The van der Waals surface area contributed by atoms with Crippen LogP contribution in [0, 0.1) is 0 Å². The van der Waals surface area contributed by atoms with E-state index < -0.39 is 10.0 Å². The highest BCUT2D eigenvalue weighted by molar-refractivity contribution is 7.89. The van der Waals surface area contributed by atoms with Gasteiger partial charge in [0.2, 0.25) is 10.0 Å². The molecule has 0 unspecified atom stereocenters. The molecule has 0 fully saturated rings. The fraction of sp³-hybridized carbons (Fsp3) is 0.571. The molecule has 2 N–H and O–H groups in total. The predicted molar refractivity (Wildman–Crippen MR) is 59.1 cm³/mol. The highest BCUT2D eigenvalue weighted by Gasteiger charge is 2.14. The van der Waals surface area contributed by atoms with Crippen LogP contribution in [0.4, 0.5) is 5.82 Å². The Bertz CT molecular complexity index is 420. The Morgan fingerprint density at radius 1 is 1.60 bits per heavy atom. The lowest BCUT2D eigenvalue weighted by molar-refractivity contribution is 0.512. The highest BCUT2D eigenvalue weighted by atomic mass is 35.5. The molecule has 1 aromatic heterocycles. The maximum atomic E-state index is 11.4. The third kappa shape index (κ3) is 3.08. The molecule has 0 bridgehead atoms. The minimum Gasteiger partial charge on any atom is -0.381 e. The van der Waals surface area contributed by atoms with E-state index in [0.717, 1.165) is 0 Å². The molecule has 0 radical (unpaired) electrons. The molecule has 0 saturated carbocycles. The van der Waals surface area contributed by atoms with Crippen molar-refractivity contribution in [3.8, 4) is 0 Å². The predicted octanol–water partition coefficient (Wildman–Crippen LogP) is 0.0101. The van der Waals surface area contributed by atoms with Crippen LogP contribution in [0.1, 0.15) is 0 Å². The minimum absolute atomic E-state index is 0.0303. The van der Waals surface area contributed by atoms with Crippen molar-refractivity contribution < 1.29 is 8.42 Å². The van der Waals surface area contributed by atoms with Crippen molar-refractivity contribution in [1.82, 2.24) is 14.1 Å². The van der Waals surface area contributed by atoms with E-state index in [1.165, 1.54) is 29.3 Å². The van der Waals surface area contributed by atoms with Gasteiger partial charge in [-0.05, 0) is 0 Å². The maximum Gasteiger partial charge on any atom is 0.215 e. The normalized spacial score (nSPS) is 12.3. The molecule has 0 spiro atoms. The standard InChI is InChI=1S/C7H13ClN4O2S/c1-11(2)15(13,14)4-3-12-5-6(8)7(9)10-12/h5H,3-4H2,1-2H3,(H2,9,10). The van der Waals surface area contributed by atoms with Gasteiger partial charge in [0.15, 0.2) is 5.82 Å². The first kappa shape index (κ1) is 12.3. The van der Waals surface area contributed by atoms with Crippen LogP contribution in [0.5, 0.6) is 0 Å². The molecule has 0 saturated heterocycles. The van der Waals surface area contributed by atoms with E-state index in [0.29, 0.717) is 5.02 Å². The Kier molecular flexibility index (Phi) is 3.58. The molecule has 15 heavy (non-hydrogen) atoms. The molecule has 0 aromatic carbocycles. The van der Waals surface area contributed by atoms with Gasteiger partial charge in [-0.3, -0.25) is 4.68 Å². The van der Waals surface area contributed by atoms with Crippen molar-refractivity contribution in [2.24, 2.45) is 0 Å². The van der Waals surface area contributed by atoms with Crippen LogP contribution in [0.3, 0.4) is 0 Å². The van der Waals surface area contributed by atoms with Crippen LogP contribution in [0.25, 0.3) is 0 Å². The summed E-state index contributed by atoms with van der Waals surface area (Å²) in [6, 6.07) is 0. The first-order valence-electron chi connectivity index (χ1n) is 4.21. The zero-order valence-corrected chi connectivity index (χ0v) is 10.1. The summed E-state index contributed by atoms with van der Waals surface area (Å²) in [6.45, 7) is 0.234. The lowest BCUT2D eigenvalue weighted by atomic mass is 10.6.